The van der Waals surface area contributed by atoms with Crippen LogP contribution < -0.4 is 27.7 Å². The first kappa shape index (κ1) is 24.5. The molecule has 1 aliphatic rings. The number of phenolic OH excluding ortho intramolecular Hbond substituents is 6. The molecule has 4 rings (SSSR count). The van der Waals surface area contributed by atoms with Crippen LogP contribution in [0.2, 0.25) is 0 Å². The summed E-state index contributed by atoms with van der Waals surface area (Å²) in [4.78, 5) is 0. The number of anilines is 1. The number of aromatic hydroxyl groups is 6. The van der Waals surface area contributed by atoms with Crippen LogP contribution in [0.15, 0.2) is 47.6 Å². The summed E-state index contributed by atoms with van der Waals surface area (Å²) in [6.07, 6.45) is 1.51. The molecule has 1 aliphatic heterocycles. The predicted molar refractivity (Wildman–Crippen MR) is 133 cm³/mol. The van der Waals surface area contributed by atoms with Gasteiger partial charge in [-0.3, -0.25) is 5.43 Å². The van der Waals surface area contributed by atoms with Gasteiger partial charge in [-0.15, -0.1) is 0 Å². The van der Waals surface area contributed by atoms with Gasteiger partial charge in [0.15, 0.2) is 5.75 Å². The fourth-order valence-corrected chi connectivity index (χ4v) is 3.89. The molecular weight excluding hydrogens is 468 g/mol. The van der Waals surface area contributed by atoms with Crippen molar-refractivity contribution >= 4 is 17.1 Å². The third kappa shape index (κ3) is 4.05. The Kier molecular flexibility index (Phi) is 6.49. The number of benzene rings is 3. The highest BCUT2D eigenvalue weighted by molar-refractivity contribution is 6.15. The minimum atomic E-state index is -0.343. The summed E-state index contributed by atoms with van der Waals surface area (Å²) >= 11 is 0. The van der Waals surface area contributed by atoms with Crippen molar-refractivity contribution in [3.8, 4) is 34.5 Å². The fourth-order valence-electron chi connectivity index (χ4n) is 3.89. The molecule has 36 heavy (non-hydrogen) atoms. The van der Waals surface area contributed by atoms with Crippen LogP contribution in [0.4, 0.5) is 5.69 Å². The van der Waals surface area contributed by atoms with E-state index in [0.717, 1.165) is 0 Å². The van der Waals surface area contributed by atoms with Crippen LogP contribution >= 0.6 is 0 Å². The van der Waals surface area contributed by atoms with Gasteiger partial charge >= 0.3 is 0 Å². The summed E-state index contributed by atoms with van der Waals surface area (Å²) in [5.41, 5.74) is 21.3. The lowest BCUT2D eigenvalue weighted by Crippen LogP contribution is -2.37. The number of nitrogens with one attached hydrogen (secondary N) is 1. The average Bonchev–Trinajstić information content (AvgIpc) is 2.85. The van der Waals surface area contributed by atoms with E-state index in [2.05, 4.69) is 10.5 Å². The third-order valence-electron chi connectivity index (χ3n) is 5.87. The molecular formula is C24H26N6O6. The van der Waals surface area contributed by atoms with E-state index >= 15 is 0 Å². The number of allylic oxidation sites excluding steroid dienone is 1. The van der Waals surface area contributed by atoms with Crippen molar-refractivity contribution in [2.24, 2.45) is 22.3 Å². The lowest BCUT2D eigenvalue weighted by atomic mass is 9.99. The van der Waals surface area contributed by atoms with Gasteiger partial charge in [0.25, 0.3) is 0 Å². The van der Waals surface area contributed by atoms with Gasteiger partial charge in [0.2, 0.25) is 0 Å². The predicted octanol–water partition coefficient (Wildman–Crippen LogP) is 1.07. The van der Waals surface area contributed by atoms with Crippen LogP contribution in [0.3, 0.4) is 0 Å². The Labute approximate surface area is 205 Å². The molecule has 1 heterocycles. The number of hydrazine groups is 1. The third-order valence-corrected chi connectivity index (χ3v) is 5.87. The topological polar surface area (TPSA) is 227 Å². The first-order chi connectivity index (χ1) is 17.2. The lowest BCUT2D eigenvalue weighted by molar-refractivity contribution is 0.436. The van der Waals surface area contributed by atoms with Crippen molar-refractivity contribution in [3.05, 3.63) is 70.3 Å². The Morgan fingerprint density at radius 1 is 0.639 bits per heavy atom. The van der Waals surface area contributed by atoms with E-state index in [9.17, 15) is 30.6 Å². The highest BCUT2D eigenvalue weighted by Gasteiger charge is 2.26. The van der Waals surface area contributed by atoms with Gasteiger partial charge in [-0.1, -0.05) is 0 Å². The number of nitrogens with two attached hydrogens (primary N) is 3. The zero-order valence-electron chi connectivity index (χ0n) is 19.0. The molecule has 3 aromatic rings. The van der Waals surface area contributed by atoms with Crippen molar-refractivity contribution in [2.45, 2.75) is 19.6 Å². The molecule has 0 unspecified atom stereocenters. The molecule has 0 amide bonds. The van der Waals surface area contributed by atoms with Gasteiger partial charge < -0.3 is 47.8 Å². The Hall–Kier alpha value is -4.65. The van der Waals surface area contributed by atoms with Crippen molar-refractivity contribution in [1.82, 2.24) is 5.43 Å². The maximum absolute atomic E-state index is 10.8. The molecule has 0 atom stereocenters. The van der Waals surface area contributed by atoms with Gasteiger partial charge in [0, 0.05) is 41.9 Å². The summed E-state index contributed by atoms with van der Waals surface area (Å²) in [6, 6.07) is 8.34. The quantitative estimate of drug-likeness (QED) is 0.233. The van der Waals surface area contributed by atoms with Crippen LogP contribution in [-0.4, -0.2) is 36.4 Å². The van der Waals surface area contributed by atoms with Crippen LogP contribution in [-0.2, 0) is 19.6 Å². The lowest BCUT2D eigenvalue weighted by Gasteiger charge is -2.29. The van der Waals surface area contributed by atoms with Crippen molar-refractivity contribution in [2.75, 3.05) is 5.12 Å². The summed E-state index contributed by atoms with van der Waals surface area (Å²) in [5, 5.41) is 68.2. The highest BCUT2D eigenvalue weighted by Crippen LogP contribution is 2.40. The van der Waals surface area contributed by atoms with E-state index in [4.69, 9.17) is 17.2 Å². The standard InChI is InChI=1S/C24H26N6O6/c25-8-13-19(31)4-1-11(22(13)34)16-7-17(12-2-5-20(32)14(9-26)23(12)35)29-30(28-16)18-3-6-21(33)15(10-27)24(18)36/h1-7,28,31-36H,8-10,25-27H2. The minimum absolute atomic E-state index is 0.0814. The molecule has 0 saturated carbocycles. The molecule has 0 spiro atoms. The van der Waals surface area contributed by atoms with Gasteiger partial charge in [-0.05, 0) is 42.5 Å². The normalized spacial score (nSPS) is 13.2. The summed E-state index contributed by atoms with van der Waals surface area (Å²) in [7, 11) is 0. The second kappa shape index (κ2) is 9.54. The minimum Gasteiger partial charge on any atom is -0.507 e. The molecule has 188 valence electrons. The molecule has 3 aromatic carbocycles. The first-order valence-corrected chi connectivity index (χ1v) is 10.8. The molecule has 0 bridgehead atoms. The number of hydrazone groups is 1. The highest BCUT2D eigenvalue weighted by atomic mass is 16.3. The molecule has 0 aliphatic carbocycles. The van der Waals surface area contributed by atoms with Crippen LogP contribution in [0.1, 0.15) is 27.8 Å². The number of hydrogen-bond acceptors (Lipinski definition) is 12. The smallest absolute Gasteiger partial charge is 0.151 e. The molecule has 0 aromatic heterocycles. The average molecular weight is 495 g/mol. The Morgan fingerprint density at radius 3 is 1.67 bits per heavy atom. The van der Waals surface area contributed by atoms with Gasteiger partial charge in [-0.25, -0.2) is 0 Å². The van der Waals surface area contributed by atoms with E-state index in [1.54, 1.807) is 0 Å². The second-order valence-corrected chi connectivity index (χ2v) is 7.93. The maximum atomic E-state index is 10.8. The molecule has 13 N–H and O–H groups in total. The maximum Gasteiger partial charge on any atom is 0.151 e. The summed E-state index contributed by atoms with van der Waals surface area (Å²) < 4.78 is 0. The van der Waals surface area contributed by atoms with E-state index in [1.165, 1.54) is 47.6 Å². The SMILES string of the molecule is NCc1c(O)ccc(C2=CC(c3ccc(O)c(CN)c3O)=NN(c3ccc(O)c(CN)c3O)N2)c1O. The molecule has 0 saturated heterocycles. The zero-order valence-corrected chi connectivity index (χ0v) is 19.0. The van der Waals surface area contributed by atoms with E-state index in [-0.39, 0.29) is 99.0 Å². The first-order valence-electron chi connectivity index (χ1n) is 10.8. The molecule has 12 heteroatoms. The monoisotopic (exact) mass is 494 g/mol. The Morgan fingerprint density at radius 2 is 1.11 bits per heavy atom. The van der Waals surface area contributed by atoms with Gasteiger partial charge in [0.05, 0.1) is 17.0 Å². The van der Waals surface area contributed by atoms with E-state index < -0.39 is 0 Å². The second-order valence-electron chi connectivity index (χ2n) is 7.93. The molecule has 12 nitrogen and oxygen atoms in total. The molecule has 0 fully saturated rings. The van der Waals surface area contributed by atoms with Crippen molar-refractivity contribution < 1.29 is 30.6 Å². The Balaban J connectivity index is 1.94. The van der Waals surface area contributed by atoms with Crippen LogP contribution in [0.25, 0.3) is 5.70 Å². The zero-order chi connectivity index (χ0) is 26.1. The van der Waals surface area contributed by atoms with Gasteiger partial charge in [-0.2, -0.15) is 10.2 Å². The van der Waals surface area contributed by atoms with Crippen molar-refractivity contribution in [3.63, 3.8) is 0 Å². The fraction of sp³-hybridized carbons (Fsp3) is 0.125. The van der Waals surface area contributed by atoms with E-state index in [1.807, 2.05) is 0 Å². The Bertz CT molecular complexity index is 1400. The number of nitrogens with zero attached hydrogens (tertiary/aromatic N) is 2. The van der Waals surface area contributed by atoms with E-state index in [0.29, 0.717) is 0 Å². The summed E-state index contributed by atoms with van der Waals surface area (Å²) in [5.74, 6) is -1.51. The van der Waals surface area contributed by atoms with Crippen molar-refractivity contribution in [1.29, 1.82) is 0 Å². The van der Waals surface area contributed by atoms with Crippen LogP contribution in [0, 0.1) is 0 Å². The number of hydrogen-bond donors (Lipinski definition) is 10. The molecule has 0 radical (unpaired) electrons. The van der Waals surface area contributed by atoms with Crippen LogP contribution in [0.5, 0.6) is 34.5 Å². The largest absolute Gasteiger partial charge is 0.507 e. The summed E-state index contributed by atoms with van der Waals surface area (Å²) in [6.45, 7) is -0.439. The number of rotatable bonds is 6. The van der Waals surface area contributed by atoms with Gasteiger partial charge in [0.1, 0.15) is 34.4 Å². The number of phenols is 6.